The Labute approximate surface area is 91.1 Å². The molecule has 0 radical (unpaired) electrons. The number of benzene rings is 1. The third-order valence-corrected chi connectivity index (χ3v) is 2.44. The topological polar surface area (TPSA) is 41.5 Å². The molecule has 0 heterocycles. The third-order valence-electron chi connectivity index (χ3n) is 2.44. The summed E-state index contributed by atoms with van der Waals surface area (Å²) in [7, 11) is 1.66. The first kappa shape index (κ1) is 12.0. The van der Waals surface area contributed by atoms with Crippen molar-refractivity contribution in [2.45, 2.75) is 25.9 Å². The summed E-state index contributed by atoms with van der Waals surface area (Å²) < 4.78 is 5.14. The fraction of sp³-hybridized carbons (Fsp3) is 0.500. The van der Waals surface area contributed by atoms with Crippen LogP contribution in [0.1, 0.15) is 18.9 Å². The quantitative estimate of drug-likeness (QED) is 0.747. The molecule has 1 rings (SSSR count). The van der Waals surface area contributed by atoms with E-state index in [1.807, 2.05) is 24.3 Å². The van der Waals surface area contributed by atoms with Crippen LogP contribution in [0.4, 0.5) is 0 Å². The number of hydrogen-bond donors (Lipinski definition) is 2. The van der Waals surface area contributed by atoms with Crippen LogP contribution in [-0.2, 0) is 6.54 Å². The fourth-order valence-electron chi connectivity index (χ4n) is 1.38. The first-order valence-corrected chi connectivity index (χ1v) is 5.27. The van der Waals surface area contributed by atoms with E-state index in [0.29, 0.717) is 0 Å². The molecule has 0 amide bonds. The monoisotopic (exact) mass is 209 g/mol. The van der Waals surface area contributed by atoms with Gasteiger partial charge in [-0.3, -0.25) is 0 Å². The lowest BCUT2D eigenvalue weighted by Gasteiger charge is -2.14. The second kappa shape index (κ2) is 6.43. The lowest BCUT2D eigenvalue weighted by Crippen LogP contribution is -2.31. The Hall–Kier alpha value is -1.06. The smallest absolute Gasteiger partial charge is 0.119 e. The highest BCUT2D eigenvalue weighted by atomic mass is 16.5. The van der Waals surface area contributed by atoms with E-state index in [-0.39, 0.29) is 12.6 Å². The summed E-state index contributed by atoms with van der Waals surface area (Å²) in [5, 5.41) is 12.3. The van der Waals surface area contributed by atoms with Crippen molar-refractivity contribution in [2.24, 2.45) is 0 Å². The normalized spacial score (nSPS) is 12.5. The standard InChI is InChI=1S/C12H19NO2/c1-3-11(9-14)13-8-10-5-4-6-12(7-10)15-2/h4-7,11,13-14H,3,8-9H2,1-2H3/t11-/m1/s1. The summed E-state index contributed by atoms with van der Waals surface area (Å²) in [5.74, 6) is 0.867. The van der Waals surface area contributed by atoms with Crippen molar-refractivity contribution in [1.82, 2.24) is 5.32 Å². The van der Waals surface area contributed by atoms with E-state index in [1.165, 1.54) is 5.56 Å². The Bertz CT molecular complexity index is 285. The predicted octanol–water partition coefficient (Wildman–Crippen LogP) is 1.56. The molecule has 1 aromatic rings. The summed E-state index contributed by atoms with van der Waals surface area (Å²) in [6.07, 6.45) is 0.931. The summed E-state index contributed by atoms with van der Waals surface area (Å²) >= 11 is 0. The van der Waals surface area contributed by atoms with E-state index in [9.17, 15) is 0 Å². The van der Waals surface area contributed by atoms with Gasteiger partial charge in [-0.1, -0.05) is 19.1 Å². The van der Waals surface area contributed by atoms with Crippen LogP contribution in [0.2, 0.25) is 0 Å². The number of aliphatic hydroxyl groups excluding tert-OH is 1. The van der Waals surface area contributed by atoms with Crippen LogP contribution in [-0.4, -0.2) is 24.9 Å². The molecule has 3 heteroatoms. The molecule has 84 valence electrons. The van der Waals surface area contributed by atoms with Gasteiger partial charge in [-0.2, -0.15) is 0 Å². The van der Waals surface area contributed by atoms with Crippen molar-refractivity contribution in [3.05, 3.63) is 29.8 Å². The number of nitrogens with one attached hydrogen (secondary N) is 1. The average molecular weight is 209 g/mol. The van der Waals surface area contributed by atoms with E-state index < -0.39 is 0 Å². The van der Waals surface area contributed by atoms with Crippen LogP contribution in [0.25, 0.3) is 0 Å². The molecule has 2 N–H and O–H groups in total. The summed E-state index contributed by atoms with van der Waals surface area (Å²) in [4.78, 5) is 0. The van der Waals surface area contributed by atoms with Gasteiger partial charge in [-0.25, -0.2) is 0 Å². The van der Waals surface area contributed by atoms with Gasteiger partial charge in [0.15, 0.2) is 0 Å². The first-order chi connectivity index (χ1) is 7.30. The van der Waals surface area contributed by atoms with Gasteiger partial charge in [0.25, 0.3) is 0 Å². The van der Waals surface area contributed by atoms with Gasteiger partial charge in [0.05, 0.1) is 13.7 Å². The molecule has 3 nitrogen and oxygen atoms in total. The largest absolute Gasteiger partial charge is 0.497 e. The highest BCUT2D eigenvalue weighted by Gasteiger charge is 2.03. The van der Waals surface area contributed by atoms with E-state index in [4.69, 9.17) is 9.84 Å². The van der Waals surface area contributed by atoms with Gasteiger partial charge in [0.1, 0.15) is 5.75 Å². The van der Waals surface area contributed by atoms with E-state index in [2.05, 4.69) is 12.2 Å². The zero-order valence-corrected chi connectivity index (χ0v) is 9.36. The molecule has 1 atom stereocenters. The number of aliphatic hydroxyl groups is 1. The fourth-order valence-corrected chi connectivity index (χ4v) is 1.38. The SMILES string of the molecule is CC[C@H](CO)NCc1cccc(OC)c1. The Morgan fingerprint density at radius 3 is 2.87 bits per heavy atom. The van der Waals surface area contributed by atoms with Gasteiger partial charge in [-0.05, 0) is 24.1 Å². The summed E-state index contributed by atoms with van der Waals surface area (Å²) in [5.41, 5.74) is 1.17. The first-order valence-electron chi connectivity index (χ1n) is 5.27. The third kappa shape index (κ3) is 3.90. The van der Waals surface area contributed by atoms with Gasteiger partial charge >= 0.3 is 0 Å². The Kier molecular flexibility index (Phi) is 5.15. The van der Waals surface area contributed by atoms with Crippen LogP contribution in [0.15, 0.2) is 24.3 Å². The second-order valence-corrected chi connectivity index (χ2v) is 3.52. The lowest BCUT2D eigenvalue weighted by molar-refractivity contribution is 0.238. The van der Waals surface area contributed by atoms with E-state index >= 15 is 0 Å². The highest BCUT2D eigenvalue weighted by Crippen LogP contribution is 2.12. The predicted molar refractivity (Wildman–Crippen MR) is 61.0 cm³/mol. The lowest BCUT2D eigenvalue weighted by atomic mass is 10.2. The van der Waals surface area contributed by atoms with Crippen molar-refractivity contribution in [2.75, 3.05) is 13.7 Å². The Morgan fingerprint density at radius 1 is 1.47 bits per heavy atom. The molecule has 1 aromatic carbocycles. The molecule has 0 aromatic heterocycles. The van der Waals surface area contributed by atoms with Crippen molar-refractivity contribution >= 4 is 0 Å². The minimum absolute atomic E-state index is 0.177. The molecule has 15 heavy (non-hydrogen) atoms. The Morgan fingerprint density at radius 2 is 2.27 bits per heavy atom. The van der Waals surface area contributed by atoms with Crippen LogP contribution < -0.4 is 10.1 Å². The zero-order valence-electron chi connectivity index (χ0n) is 9.36. The number of hydrogen-bond acceptors (Lipinski definition) is 3. The number of ether oxygens (including phenoxy) is 1. The molecular formula is C12H19NO2. The molecular weight excluding hydrogens is 190 g/mol. The highest BCUT2D eigenvalue weighted by molar-refractivity contribution is 5.28. The van der Waals surface area contributed by atoms with Gasteiger partial charge in [0, 0.05) is 12.6 Å². The van der Waals surface area contributed by atoms with Crippen LogP contribution >= 0.6 is 0 Å². The molecule has 0 aliphatic carbocycles. The zero-order chi connectivity index (χ0) is 11.1. The minimum atomic E-state index is 0.177. The maximum atomic E-state index is 9.02. The summed E-state index contributed by atoms with van der Waals surface area (Å²) in [6.45, 7) is 3.00. The van der Waals surface area contributed by atoms with Gasteiger partial charge in [0.2, 0.25) is 0 Å². The molecule has 0 unspecified atom stereocenters. The van der Waals surface area contributed by atoms with Crippen LogP contribution in [0, 0.1) is 0 Å². The second-order valence-electron chi connectivity index (χ2n) is 3.52. The van der Waals surface area contributed by atoms with Gasteiger partial charge < -0.3 is 15.2 Å². The van der Waals surface area contributed by atoms with Crippen molar-refractivity contribution in [3.8, 4) is 5.75 Å². The maximum absolute atomic E-state index is 9.02. The maximum Gasteiger partial charge on any atom is 0.119 e. The molecule has 0 bridgehead atoms. The Balaban J connectivity index is 2.49. The molecule has 0 aliphatic rings. The van der Waals surface area contributed by atoms with Crippen molar-refractivity contribution < 1.29 is 9.84 Å². The molecule has 0 saturated heterocycles. The number of rotatable bonds is 6. The average Bonchev–Trinajstić information content (AvgIpc) is 2.31. The molecule has 0 fully saturated rings. The molecule has 0 aliphatic heterocycles. The van der Waals surface area contributed by atoms with Crippen molar-refractivity contribution in [1.29, 1.82) is 0 Å². The number of methoxy groups -OCH3 is 1. The van der Waals surface area contributed by atoms with Crippen LogP contribution in [0.3, 0.4) is 0 Å². The van der Waals surface area contributed by atoms with Crippen LogP contribution in [0.5, 0.6) is 5.75 Å². The van der Waals surface area contributed by atoms with Gasteiger partial charge in [-0.15, -0.1) is 0 Å². The van der Waals surface area contributed by atoms with Crippen molar-refractivity contribution in [3.63, 3.8) is 0 Å². The minimum Gasteiger partial charge on any atom is -0.497 e. The van der Waals surface area contributed by atoms with E-state index in [1.54, 1.807) is 7.11 Å². The molecule has 0 spiro atoms. The molecule has 0 saturated carbocycles. The van der Waals surface area contributed by atoms with E-state index in [0.717, 1.165) is 18.7 Å². The summed E-state index contributed by atoms with van der Waals surface area (Å²) in [6, 6.07) is 8.11.